The van der Waals surface area contributed by atoms with E-state index in [1.807, 2.05) is 0 Å². The van der Waals surface area contributed by atoms with Crippen LogP contribution in [0.25, 0.3) is 93.9 Å². The number of benzene rings is 11. The molecule has 0 aliphatic heterocycles. The molecule has 0 saturated heterocycles. The molecule has 12 aromatic rings. The van der Waals surface area contributed by atoms with Gasteiger partial charge >= 0.3 is 0 Å². The summed E-state index contributed by atoms with van der Waals surface area (Å²) in [4.78, 5) is 2.39. The SMILES string of the molecule is c1ccc(-c2ccccc2N(c2ccc(-c3ccc(-c4ccccc4-n4c5ccccc5c5ccccc54)cc3)cc2)c2ccc(-c3cccc(-c4cccc5ccccc45)c3)cc2)cc1. The summed E-state index contributed by atoms with van der Waals surface area (Å²) in [5.74, 6) is 0. The molecule has 0 bridgehead atoms. The molecule has 0 unspecified atom stereocenters. The molecule has 0 amide bonds. The summed E-state index contributed by atoms with van der Waals surface area (Å²) >= 11 is 0. The number of anilines is 3. The number of rotatable bonds is 9. The molecule has 2 nitrogen and oxygen atoms in total. The quantitative estimate of drug-likeness (QED) is 0.141. The highest BCUT2D eigenvalue weighted by molar-refractivity contribution is 6.09. The molecule has 0 N–H and O–H groups in total. The van der Waals surface area contributed by atoms with Gasteiger partial charge in [0.05, 0.1) is 22.4 Å². The van der Waals surface area contributed by atoms with Gasteiger partial charge in [-0.25, -0.2) is 0 Å². The van der Waals surface area contributed by atoms with E-state index in [4.69, 9.17) is 0 Å². The summed E-state index contributed by atoms with van der Waals surface area (Å²) in [7, 11) is 0. The van der Waals surface area contributed by atoms with Gasteiger partial charge in [0.15, 0.2) is 0 Å². The highest BCUT2D eigenvalue weighted by Crippen LogP contribution is 2.43. The lowest BCUT2D eigenvalue weighted by molar-refractivity contribution is 1.18. The molecule has 0 saturated carbocycles. The van der Waals surface area contributed by atoms with Crippen LogP contribution >= 0.6 is 0 Å². The predicted molar refractivity (Wildman–Crippen MR) is 280 cm³/mol. The second-order valence-corrected chi connectivity index (χ2v) is 16.9. The summed E-state index contributed by atoms with van der Waals surface area (Å²) < 4.78 is 2.41. The molecule has 1 heterocycles. The summed E-state index contributed by atoms with van der Waals surface area (Å²) in [5.41, 5.74) is 18.8. The van der Waals surface area contributed by atoms with Gasteiger partial charge in [-0.05, 0) is 110 Å². The van der Waals surface area contributed by atoms with Gasteiger partial charge in [0, 0.05) is 33.3 Å². The molecule has 0 fully saturated rings. The van der Waals surface area contributed by atoms with Crippen LogP contribution in [0.1, 0.15) is 0 Å². The van der Waals surface area contributed by atoms with E-state index in [2.05, 4.69) is 276 Å². The minimum atomic E-state index is 1.09. The van der Waals surface area contributed by atoms with Crippen LogP contribution in [0.15, 0.2) is 267 Å². The van der Waals surface area contributed by atoms with E-state index in [1.54, 1.807) is 0 Å². The lowest BCUT2D eigenvalue weighted by atomic mass is 9.95. The molecule has 310 valence electrons. The lowest BCUT2D eigenvalue weighted by Crippen LogP contribution is -2.11. The maximum Gasteiger partial charge on any atom is 0.0541 e. The zero-order chi connectivity index (χ0) is 43.8. The van der Waals surface area contributed by atoms with Crippen LogP contribution in [-0.2, 0) is 0 Å². The number of hydrogen-bond acceptors (Lipinski definition) is 1. The zero-order valence-corrected chi connectivity index (χ0v) is 36.3. The minimum Gasteiger partial charge on any atom is -0.310 e. The fourth-order valence-electron chi connectivity index (χ4n) is 9.84. The van der Waals surface area contributed by atoms with E-state index in [0.717, 1.165) is 17.1 Å². The summed E-state index contributed by atoms with van der Waals surface area (Å²) in [6, 6.07) is 96.7. The summed E-state index contributed by atoms with van der Waals surface area (Å²) in [6.07, 6.45) is 0. The van der Waals surface area contributed by atoms with E-state index in [1.165, 1.54) is 93.9 Å². The first-order chi connectivity index (χ1) is 32.7. The van der Waals surface area contributed by atoms with Gasteiger partial charge in [-0.15, -0.1) is 0 Å². The summed E-state index contributed by atoms with van der Waals surface area (Å²) in [6.45, 7) is 0. The Balaban J connectivity index is 0.887. The monoisotopic (exact) mass is 840 g/mol. The van der Waals surface area contributed by atoms with Crippen LogP contribution in [0.5, 0.6) is 0 Å². The Morgan fingerprint density at radius 1 is 0.258 bits per heavy atom. The van der Waals surface area contributed by atoms with Gasteiger partial charge in [0.25, 0.3) is 0 Å². The molecule has 0 aliphatic rings. The second-order valence-electron chi connectivity index (χ2n) is 16.9. The Hall–Kier alpha value is -8.72. The van der Waals surface area contributed by atoms with Crippen molar-refractivity contribution in [2.75, 3.05) is 4.90 Å². The average molecular weight is 841 g/mol. The van der Waals surface area contributed by atoms with Crippen molar-refractivity contribution >= 4 is 49.6 Å². The van der Waals surface area contributed by atoms with Gasteiger partial charge in [0.1, 0.15) is 0 Å². The van der Waals surface area contributed by atoms with Crippen molar-refractivity contribution in [3.8, 4) is 61.3 Å². The van der Waals surface area contributed by atoms with Crippen LogP contribution in [0.4, 0.5) is 17.1 Å². The third-order valence-corrected chi connectivity index (χ3v) is 13.0. The molecule has 2 heteroatoms. The van der Waals surface area contributed by atoms with Crippen molar-refractivity contribution in [2.24, 2.45) is 0 Å². The lowest BCUT2D eigenvalue weighted by Gasteiger charge is -2.28. The standard InChI is InChI=1S/C64H44N2/c1-2-16-49(17-3-1)57-23-6-10-28-61(57)65(54-42-38-47(39-43-54)51-20-14-21-52(44-51)56-27-15-19-48-18-4-5-22-55(48)56)53-40-36-46(37-41-53)45-32-34-50(35-33-45)58-24-7-11-29-62(58)66-63-30-12-8-25-59(63)60-26-9-13-31-64(60)66/h1-44H. The van der Waals surface area contributed by atoms with E-state index >= 15 is 0 Å². The number of para-hydroxylation sites is 4. The highest BCUT2D eigenvalue weighted by atomic mass is 15.1. The fourth-order valence-corrected chi connectivity index (χ4v) is 9.84. The van der Waals surface area contributed by atoms with Crippen molar-refractivity contribution in [1.29, 1.82) is 0 Å². The topological polar surface area (TPSA) is 8.17 Å². The highest BCUT2D eigenvalue weighted by Gasteiger charge is 2.19. The molecule has 0 radical (unpaired) electrons. The van der Waals surface area contributed by atoms with E-state index in [9.17, 15) is 0 Å². The predicted octanol–water partition coefficient (Wildman–Crippen LogP) is 17.7. The minimum absolute atomic E-state index is 1.09. The van der Waals surface area contributed by atoms with Crippen molar-refractivity contribution in [3.63, 3.8) is 0 Å². The third-order valence-electron chi connectivity index (χ3n) is 13.0. The largest absolute Gasteiger partial charge is 0.310 e. The average Bonchev–Trinajstić information content (AvgIpc) is 3.74. The van der Waals surface area contributed by atoms with Gasteiger partial charge in [-0.2, -0.15) is 0 Å². The molecule has 0 atom stereocenters. The molecule has 12 rings (SSSR count). The van der Waals surface area contributed by atoms with Crippen molar-refractivity contribution < 1.29 is 0 Å². The first kappa shape index (κ1) is 38.9. The number of aromatic nitrogens is 1. The van der Waals surface area contributed by atoms with Crippen LogP contribution in [0, 0.1) is 0 Å². The maximum atomic E-state index is 2.41. The Labute approximate surface area is 385 Å². The number of fused-ring (bicyclic) bond motifs is 4. The van der Waals surface area contributed by atoms with Crippen molar-refractivity contribution in [1.82, 2.24) is 4.57 Å². The third kappa shape index (κ3) is 7.02. The number of nitrogens with zero attached hydrogens (tertiary/aromatic N) is 2. The smallest absolute Gasteiger partial charge is 0.0541 e. The normalized spacial score (nSPS) is 11.3. The Morgan fingerprint density at radius 2 is 0.697 bits per heavy atom. The Morgan fingerprint density at radius 3 is 1.39 bits per heavy atom. The molecule has 66 heavy (non-hydrogen) atoms. The van der Waals surface area contributed by atoms with E-state index in [-0.39, 0.29) is 0 Å². The second kappa shape index (κ2) is 16.8. The molecular formula is C64H44N2. The molecule has 11 aromatic carbocycles. The molecular weight excluding hydrogens is 797 g/mol. The first-order valence-electron chi connectivity index (χ1n) is 22.7. The van der Waals surface area contributed by atoms with Gasteiger partial charge in [0.2, 0.25) is 0 Å². The number of hydrogen-bond donors (Lipinski definition) is 0. The van der Waals surface area contributed by atoms with Crippen LogP contribution in [-0.4, -0.2) is 4.57 Å². The molecule has 0 spiro atoms. The maximum absolute atomic E-state index is 2.41. The zero-order valence-electron chi connectivity index (χ0n) is 36.3. The Bertz CT molecular complexity index is 3620. The van der Waals surface area contributed by atoms with Gasteiger partial charge in [-0.1, -0.05) is 212 Å². The van der Waals surface area contributed by atoms with Gasteiger partial charge in [-0.3, -0.25) is 0 Å². The van der Waals surface area contributed by atoms with Crippen LogP contribution in [0.2, 0.25) is 0 Å². The molecule has 1 aromatic heterocycles. The first-order valence-corrected chi connectivity index (χ1v) is 22.7. The van der Waals surface area contributed by atoms with E-state index in [0.29, 0.717) is 0 Å². The van der Waals surface area contributed by atoms with E-state index < -0.39 is 0 Å². The summed E-state index contributed by atoms with van der Waals surface area (Å²) in [5, 5.41) is 5.04. The van der Waals surface area contributed by atoms with Gasteiger partial charge < -0.3 is 9.47 Å². The van der Waals surface area contributed by atoms with Crippen molar-refractivity contribution in [2.45, 2.75) is 0 Å². The van der Waals surface area contributed by atoms with Crippen LogP contribution in [0.3, 0.4) is 0 Å². The molecule has 0 aliphatic carbocycles. The van der Waals surface area contributed by atoms with Crippen LogP contribution < -0.4 is 4.90 Å². The Kier molecular flexibility index (Phi) is 9.89. The van der Waals surface area contributed by atoms with Crippen molar-refractivity contribution in [3.05, 3.63) is 267 Å². The fraction of sp³-hybridized carbons (Fsp3) is 0.